The van der Waals surface area contributed by atoms with Gasteiger partial charge in [-0.1, -0.05) is 0 Å². The first kappa shape index (κ1) is 13.3. The summed E-state index contributed by atoms with van der Waals surface area (Å²) in [6, 6.07) is 3.85. The molecule has 5 heteroatoms. The van der Waals surface area contributed by atoms with E-state index in [0.29, 0.717) is 18.0 Å². The highest BCUT2D eigenvalue weighted by Crippen LogP contribution is 2.31. The monoisotopic (exact) mass is 262 g/mol. The molecule has 0 bridgehead atoms. The van der Waals surface area contributed by atoms with Crippen LogP contribution in [-0.4, -0.2) is 44.6 Å². The fraction of sp³-hybridized carbons (Fsp3) is 0.357. The van der Waals surface area contributed by atoms with Gasteiger partial charge < -0.3 is 18.8 Å². The topological polar surface area (TPSA) is 47.8 Å². The Hall–Kier alpha value is -2.17. The van der Waals surface area contributed by atoms with Crippen molar-refractivity contribution in [1.29, 1.82) is 0 Å². The van der Waals surface area contributed by atoms with Crippen molar-refractivity contribution in [2.75, 3.05) is 27.9 Å². The average molecular weight is 262 g/mol. The first-order chi connectivity index (χ1) is 9.17. The molecule has 0 aliphatic carbocycles. The molecular formula is C14H16NO4. The fourth-order valence-electron chi connectivity index (χ4n) is 2.00. The van der Waals surface area contributed by atoms with E-state index in [2.05, 4.69) is 11.3 Å². The maximum absolute atomic E-state index is 11.2. The molecule has 5 nitrogen and oxygen atoms in total. The Bertz CT molecular complexity index is 522. The van der Waals surface area contributed by atoms with E-state index in [1.807, 2.05) is 18.3 Å². The highest BCUT2D eigenvalue weighted by atomic mass is 16.5. The number of fused-ring (bicyclic) bond motifs is 1. The summed E-state index contributed by atoms with van der Waals surface area (Å²) >= 11 is 0. The molecule has 0 saturated heterocycles. The maximum Gasteiger partial charge on any atom is 0.304 e. The lowest BCUT2D eigenvalue weighted by atomic mass is 10.0. The minimum absolute atomic E-state index is 0.486. The Balaban J connectivity index is 2.31. The van der Waals surface area contributed by atoms with Crippen LogP contribution in [0, 0.1) is 6.54 Å². The van der Waals surface area contributed by atoms with Gasteiger partial charge in [-0.25, -0.2) is 0 Å². The van der Waals surface area contributed by atoms with Gasteiger partial charge in [-0.15, -0.1) is 0 Å². The van der Waals surface area contributed by atoms with Crippen molar-refractivity contribution in [3.8, 4) is 11.5 Å². The number of carbonyl (C=O) groups is 1. The Morgan fingerprint density at radius 3 is 2.53 bits per heavy atom. The average Bonchev–Trinajstić information content (AvgIpc) is 2.45. The summed E-state index contributed by atoms with van der Waals surface area (Å²) in [7, 11) is 4.54. The molecule has 1 heterocycles. The van der Waals surface area contributed by atoms with Crippen molar-refractivity contribution in [3.63, 3.8) is 0 Å². The molecule has 1 aliphatic rings. The molecule has 0 atom stereocenters. The van der Waals surface area contributed by atoms with Crippen molar-refractivity contribution in [2.24, 2.45) is 0 Å². The summed E-state index contributed by atoms with van der Waals surface area (Å²) in [5.41, 5.74) is 2.14. The molecule has 1 aromatic rings. The third kappa shape index (κ3) is 2.81. The van der Waals surface area contributed by atoms with E-state index in [9.17, 15) is 4.79 Å². The minimum atomic E-state index is -0.486. The Morgan fingerprint density at radius 1 is 1.21 bits per heavy atom. The molecule has 19 heavy (non-hydrogen) atoms. The van der Waals surface area contributed by atoms with E-state index >= 15 is 0 Å². The molecule has 1 aliphatic heterocycles. The highest BCUT2D eigenvalue weighted by Gasteiger charge is 2.16. The zero-order valence-electron chi connectivity index (χ0n) is 11.2. The van der Waals surface area contributed by atoms with E-state index < -0.39 is 5.97 Å². The summed E-state index contributed by atoms with van der Waals surface area (Å²) in [6.45, 7) is 3.30. The van der Waals surface area contributed by atoms with Crippen LogP contribution in [0.2, 0.25) is 0 Å². The zero-order chi connectivity index (χ0) is 13.8. The van der Waals surface area contributed by atoms with Crippen molar-refractivity contribution < 1.29 is 23.6 Å². The summed E-state index contributed by atoms with van der Waals surface area (Å²) in [5, 5.41) is 0. The normalized spacial score (nSPS) is 13.1. The molecule has 0 amide bonds. The van der Waals surface area contributed by atoms with E-state index in [-0.39, 0.29) is 0 Å². The van der Waals surface area contributed by atoms with E-state index in [1.54, 1.807) is 18.8 Å². The Labute approximate surface area is 112 Å². The van der Waals surface area contributed by atoms with Gasteiger partial charge in [0.05, 0.1) is 21.3 Å². The first-order valence-electron chi connectivity index (χ1n) is 5.89. The van der Waals surface area contributed by atoms with Crippen LogP contribution in [0.5, 0.6) is 11.5 Å². The molecule has 0 fully saturated rings. The zero-order valence-corrected chi connectivity index (χ0v) is 11.2. The number of hydrogen-bond donors (Lipinski definition) is 0. The third-order valence-electron chi connectivity index (χ3n) is 2.98. The van der Waals surface area contributed by atoms with Gasteiger partial charge in [0.1, 0.15) is 13.1 Å². The number of benzene rings is 1. The fourth-order valence-corrected chi connectivity index (χ4v) is 2.00. The van der Waals surface area contributed by atoms with Crippen LogP contribution in [0.15, 0.2) is 12.1 Å². The van der Waals surface area contributed by atoms with Gasteiger partial charge in [0, 0.05) is 12.6 Å². The predicted molar refractivity (Wildman–Crippen MR) is 68.8 cm³/mol. The standard InChI is InChI=1S/C14H16NO4/c1-17-12-6-10-4-5-15(9-14(16)19-3)8-11(10)7-13(12)18-2/h6-8H,4-5H2,1-3H3. The van der Waals surface area contributed by atoms with Crippen LogP contribution >= 0.6 is 0 Å². The number of nitrogens with zero attached hydrogens (tertiary/aromatic N) is 1. The van der Waals surface area contributed by atoms with Crippen molar-refractivity contribution in [2.45, 2.75) is 6.42 Å². The van der Waals surface area contributed by atoms with Crippen LogP contribution in [0.4, 0.5) is 0 Å². The van der Waals surface area contributed by atoms with Crippen LogP contribution in [-0.2, 0) is 16.0 Å². The lowest BCUT2D eigenvalue weighted by Crippen LogP contribution is -2.24. The highest BCUT2D eigenvalue weighted by molar-refractivity contribution is 5.83. The molecule has 0 spiro atoms. The predicted octanol–water partition coefficient (Wildman–Crippen LogP) is 0.903. The molecule has 2 rings (SSSR count). The van der Waals surface area contributed by atoms with Crippen molar-refractivity contribution in [1.82, 2.24) is 0 Å². The van der Waals surface area contributed by atoms with Crippen LogP contribution in [0.25, 0.3) is 0 Å². The van der Waals surface area contributed by atoms with Gasteiger partial charge in [-0.3, -0.25) is 4.79 Å². The summed E-state index contributed by atoms with van der Waals surface area (Å²) < 4.78 is 16.8. The SMILES string of the molecule is COC(=O)[C-][N+]1=Cc2cc(OC)c(OC)cc2CC1. The maximum atomic E-state index is 11.2. The number of methoxy groups -OCH3 is 3. The van der Waals surface area contributed by atoms with Gasteiger partial charge in [-0.05, 0) is 23.3 Å². The summed E-state index contributed by atoms with van der Waals surface area (Å²) in [5.74, 6) is 0.890. The van der Waals surface area contributed by atoms with Crippen molar-refractivity contribution >= 4 is 12.2 Å². The molecular weight excluding hydrogens is 246 g/mol. The molecule has 0 aromatic heterocycles. The molecule has 1 aromatic carbocycles. The molecule has 0 saturated carbocycles. The minimum Gasteiger partial charge on any atom is -0.493 e. The Morgan fingerprint density at radius 2 is 1.89 bits per heavy atom. The van der Waals surface area contributed by atoms with Crippen molar-refractivity contribution in [3.05, 3.63) is 29.8 Å². The first-order valence-corrected chi connectivity index (χ1v) is 5.89. The summed E-state index contributed by atoms with van der Waals surface area (Å²) in [4.78, 5) is 11.2. The van der Waals surface area contributed by atoms with Gasteiger partial charge in [0.15, 0.2) is 11.5 Å². The lowest BCUT2D eigenvalue weighted by Gasteiger charge is -2.20. The molecule has 0 unspecified atom stereocenters. The van der Waals surface area contributed by atoms with Gasteiger partial charge in [0.2, 0.25) is 0 Å². The van der Waals surface area contributed by atoms with Crippen LogP contribution in [0.3, 0.4) is 0 Å². The van der Waals surface area contributed by atoms with Gasteiger partial charge in [0.25, 0.3) is 0 Å². The van der Waals surface area contributed by atoms with E-state index in [1.165, 1.54) is 7.11 Å². The summed E-state index contributed by atoms with van der Waals surface area (Å²) in [6.07, 6.45) is 2.65. The molecule has 1 radical (unpaired) electrons. The number of ether oxygens (including phenoxy) is 3. The number of rotatable bonds is 4. The van der Waals surface area contributed by atoms with E-state index in [0.717, 1.165) is 17.5 Å². The Kier molecular flexibility index (Phi) is 3.94. The number of esters is 1. The third-order valence-corrected chi connectivity index (χ3v) is 2.98. The lowest BCUT2D eigenvalue weighted by molar-refractivity contribution is -0.477. The molecule has 101 valence electrons. The second-order valence-electron chi connectivity index (χ2n) is 4.08. The van der Waals surface area contributed by atoms with E-state index in [4.69, 9.17) is 9.47 Å². The van der Waals surface area contributed by atoms with Gasteiger partial charge >= 0.3 is 5.97 Å². The smallest absolute Gasteiger partial charge is 0.304 e. The second-order valence-corrected chi connectivity index (χ2v) is 4.08. The van der Waals surface area contributed by atoms with Gasteiger partial charge in [-0.2, -0.15) is 0 Å². The quantitative estimate of drug-likeness (QED) is 0.459. The largest absolute Gasteiger partial charge is 0.493 e. The molecule has 0 N–H and O–H groups in total. The van der Waals surface area contributed by atoms with Crippen LogP contribution in [0.1, 0.15) is 11.1 Å². The number of hydrogen-bond acceptors (Lipinski definition) is 4. The number of carbonyl (C=O) groups excluding carboxylic acids is 1. The van der Waals surface area contributed by atoms with Crippen LogP contribution < -0.4 is 9.47 Å². The second kappa shape index (κ2) is 5.65.